The summed E-state index contributed by atoms with van der Waals surface area (Å²) in [6, 6.07) is 9.61. The Balaban J connectivity index is 2.12. The predicted octanol–water partition coefficient (Wildman–Crippen LogP) is 1.49. The zero-order chi connectivity index (χ0) is 13.0. The van der Waals surface area contributed by atoms with Crippen molar-refractivity contribution >= 4 is 28.3 Å². The maximum absolute atomic E-state index is 11.3. The summed E-state index contributed by atoms with van der Waals surface area (Å²) >= 11 is 1.28. The minimum absolute atomic E-state index is 0.405. The third-order valence-electron chi connectivity index (χ3n) is 2.23. The van der Waals surface area contributed by atoms with Gasteiger partial charge in [-0.15, -0.1) is 11.3 Å². The van der Waals surface area contributed by atoms with Crippen LogP contribution in [0.4, 0.5) is 5.13 Å². The van der Waals surface area contributed by atoms with Crippen LogP contribution in [0.3, 0.4) is 0 Å². The first-order valence-corrected chi connectivity index (χ1v) is 6.12. The highest BCUT2D eigenvalue weighted by Gasteiger charge is 2.13. The van der Waals surface area contributed by atoms with E-state index in [0.717, 1.165) is 11.3 Å². The van der Waals surface area contributed by atoms with Crippen molar-refractivity contribution in [3.63, 3.8) is 0 Å². The van der Waals surface area contributed by atoms with Gasteiger partial charge in [-0.3, -0.25) is 14.9 Å². The number of thiazole rings is 1. The zero-order valence-corrected chi connectivity index (χ0v) is 10.5. The fourth-order valence-electron chi connectivity index (χ4n) is 1.34. The van der Waals surface area contributed by atoms with E-state index in [1.807, 2.05) is 35.7 Å². The Hall–Kier alpha value is -2.21. The average molecular weight is 261 g/mol. The topological polar surface area (TPSA) is 71.1 Å². The molecule has 2 amide bonds. The van der Waals surface area contributed by atoms with Gasteiger partial charge in [-0.25, -0.2) is 4.98 Å². The molecule has 0 bridgehead atoms. The highest BCUT2D eigenvalue weighted by molar-refractivity contribution is 7.14. The van der Waals surface area contributed by atoms with Crippen LogP contribution in [-0.4, -0.2) is 23.8 Å². The molecule has 0 aliphatic heterocycles. The molecule has 0 atom stereocenters. The van der Waals surface area contributed by atoms with E-state index in [0.29, 0.717) is 5.13 Å². The summed E-state index contributed by atoms with van der Waals surface area (Å²) in [6.45, 7) is 0. The van der Waals surface area contributed by atoms with Crippen molar-refractivity contribution in [1.29, 1.82) is 0 Å². The summed E-state index contributed by atoms with van der Waals surface area (Å²) in [6.07, 6.45) is 0. The van der Waals surface area contributed by atoms with Crippen LogP contribution in [0, 0.1) is 0 Å². The minimum Gasteiger partial charge on any atom is -0.351 e. The first kappa shape index (κ1) is 12.3. The van der Waals surface area contributed by atoms with E-state index in [2.05, 4.69) is 15.6 Å². The average Bonchev–Trinajstić information content (AvgIpc) is 2.87. The van der Waals surface area contributed by atoms with Gasteiger partial charge in [-0.05, 0) is 0 Å². The van der Waals surface area contributed by atoms with Crippen molar-refractivity contribution in [2.75, 3.05) is 12.4 Å². The third-order valence-corrected chi connectivity index (χ3v) is 2.99. The van der Waals surface area contributed by atoms with E-state index < -0.39 is 11.8 Å². The lowest BCUT2D eigenvalue weighted by Gasteiger charge is -1.99. The van der Waals surface area contributed by atoms with Crippen LogP contribution in [0.25, 0.3) is 11.3 Å². The van der Waals surface area contributed by atoms with Gasteiger partial charge in [0.2, 0.25) is 0 Å². The summed E-state index contributed by atoms with van der Waals surface area (Å²) in [4.78, 5) is 26.6. The van der Waals surface area contributed by atoms with Crippen molar-refractivity contribution in [2.45, 2.75) is 0 Å². The van der Waals surface area contributed by atoms with E-state index in [9.17, 15) is 9.59 Å². The Morgan fingerprint density at radius 2 is 1.89 bits per heavy atom. The molecule has 1 aromatic carbocycles. The number of hydrogen-bond donors (Lipinski definition) is 2. The van der Waals surface area contributed by atoms with Crippen LogP contribution in [0.5, 0.6) is 0 Å². The van der Waals surface area contributed by atoms with E-state index in [1.54, 1.807) is 0 Å². The van der Waals surface area contributed by atoms with Crippen LogP contribution in [0.1, 0.15) is 0 Å². The molecule has 18 heavy (non-hydrogen) atoms. The van der Waals surface area contributed by atoms with Crippen molar-refractivity contribution in [1.82, 2.24) is 10.3 Å². The number of nitrogens with one attached hydrogen (secondary N) is 2. The minimum atomic E-state index is -0.716. The Kier molecular flexibility index (Phi) is 3.69. The number of hydrogen-bond acceptors (Lipinski definition) is 4. The Morgan fingerprint density at radius 3 is 2.56 bits per heavy atom. The summed E-state index contributed by atoms with van der Waals surface area (Å²) in [5.41, 5.74) is 1.74. The summed E-state index contributed by atoms with van der Waals surface area (Å²) in [5, 5.41) is 6.92. The van der Waals surface area contributed by atoms with Crippen molar-refractivity contribution in [3.8, 4) is 11.3 Å². The number of likely N-dealkylation sites (N-methyl/N-ethyl adjacent to an activating group) is 1. The summed E-state index contributed by atoms with van der Waals surface area (Å²) in [5.74, 6) is -1.40. The third kappa shape index (κ3) is 2.72. The number of anilines is 1. The summed E-state index contributed by atoms with van der Waals surface area (Å²) in [7, 11) is 1.40. The molecule has 6 heteroatoms. The fraction of sp³-hybridized carbons (Fsp3) is 0.0833. The lowest BCUT2D eigenvalue weighted by Crippen LogP contribution is -2.32. The van der Waals surface area contributed by atoms with Gasteiger partial charge in [-0.2, -0.15) is 0 Å². The van der Waals surface area contributed by atoms with Gasteiger partial charge < -0.3 is 5.32 Å². The number of carbonyl (C=O) groups is 2. The molecular weight excluding hydrogens is 250 g/mol. The van der Waals surface area contributed by atoms with Gasteiger partial charge in [0.05, 0.1) is 5.69 Å². The van der Waals surface area contributed by atoms with Crippen molar-refractivity contribution in [3.05, 3.63) is 35.7 Å². The van der Waals surface area contributed by atoms with Gasteiger partial charge in [0.25, 0.3) is 0 Å². The molecule has 0 aliphatic rings. The number of carbonyl (C=O) groups excluding carboxylic acids is 2. The molecule has 0 saturated carbocycles. The summed E-state index contributed by atoms with van der Waals surface area (Å²) < 4.78 is 0. The smallest absolute Gasteiger partial charge is 0.315 e. The van der Waals surface area contributed by atoms with E-state index in [-0.39, 0.29) is 0 Å². The van der Waals surface area contributed by atoms with Crippen LogP contribution < -0.4 is 10.6 Å². The SMILES string of the molecule is CNC(=O)C(=O)Nc1nc(-c2ccccc2)cs1. The van der Waals surface area contributed by atoms with Crippen LogP contribution in [0.15, 0.2) is 35.7 Å². The van der Waals surface area contributed by atoms with E-state index in [1.165, 1.54) is 18.4 Å². The molecule has 0 unspecified atom stereocenters. The van der Waals surface area contributed by atoms with E-state index >= 15 is 0 Å². The molecule has 2 N–H and O–H groups in total. The normalized spacial score (nSPS) is 9.83. The highest BCUT2D eigenvalue weighted by Crippen LogP contribution is 2.24. The molecule has 0 saturated heterocycles. The Morgan fingerprint density at radius 1 is 1.17 bits per heavy atom. The molecule has 0 spiro atoms. The number of rotatable bonds is 2. The van der Waals surface area contributed by atoms with Crippen LogP contribution >= 0.6 is 11.3 Å². The number of benzene rings is 1. The molecule has 1 heterocycles. The van der Waals surface area contributed by atoms with Crippen molar-refractivity contribution in [2.24, 2.45) is 0 Å². The second-order valence-corrected chi connectivity index (χ2v) is 4.30. The second kappa shape index (κ2) is 5.42. The maximum Gasteiger partial charge on any atom is 0.315 e. The maximum atomic E-state index is 11.3. The number of aromatic nitrogens is 1. The highest BCUT2D eigenvalue weighted by atomic mass is 32.1. The standard InChI is InChI=1S/C12H11N3O2S/c1-13-10(16)11(17)15-12-14-9(7-18-12)8-5-3-2-4-6-8/h2-7H,1H3,(H,13,16)(H,14,15,17). The van der Waals surface area contributed by atoms with Crippen molar-refractivity contribution < 1.29 is 9.59 Å². The predicted molar refractivity (Wildman–Crippen MR) is 70.2 cm³/mol. The molecule has 0 radical (unpaired) electrons. The monoisotopic (exact) mass is 261 g/mol. The first-order valence-electron chi connectivity index (χ1n) is 5.24. The van der Waals surface area contributed by atoms with Gasteiger partial charge >= 0.3 is 11.8 Å². The molecule has 5 nitrogen and oxygen atoms in total. The molecule has 1 aromatic heterocycles. The largest absolute Gasteiger partial charge is 0.351 e. The Labute approximate surface area is 108 Å². The quantitative estimate of drug-likeness (QED) is 0.805. The van der Waals surface area contributed by atoms with Gasteiger partial charge in [0.1, 0.15) is 0 Å². The Bertz CT molecular complexity index is 566. The lowest BCUT2D eigenvalue weighted by molar-refractivity contribution is -0.135. The van der Waals surface area contributed by atoms with Gasteiger partial charge in [0, 0.05) is 18.0 Å². The fourth-order valence-corrected chi connectivity index (χ4v) is 2.05. The number of nitrogens with zero attached hydrogens (tertiary/aromatic N) is 1. The molecular formula is C12H11N3O2S. The molecule has 2 rings (SSSR count). The molecule has 0 aliphatic carbocycles. The van der Waals surface area contributed by atoms with Crippen LogP contribution in [0.2, 0.25) is 0 Å². The molecule has 2 aromatic rings. The van der Waals surface area contributed by atoms with Crippen LogP contribution in [-0.2, 0) is 9.59 Å². The first-order chi connectivity index (χ1) is 8.70. The second-order valence-electron chi connectivity index (χ2n) is 3.44. The molecule has 0 fully saturated rings. The van der Waals surface area contributed by atoms with Gasteiger partial charge in [0.15, 0.2) is 5.13 Å². The lowest BCUT2D eigenvalue weighted by atomic mass is 10.2. The van der Waals surface area contributed by atoms with Gasteiger partial charge in [-0.1, -0.05) is 30.3 Å². The number of amides is 2. The molecule has 92 valence electrons. The van der Waals surface area contributed by atoms with E-state index in [4.69, 9.17) is 0 Å². The zero-order valence-electron chi connectivity index (χ0n) is 9.64.